The fourth-order valence-corrected chi connectivity index (χ4v) is 2.92. The predicted octanol–water partition coefficient (Wildman–Crippen LogP) is 4.00. The number of hydrogen-bond acceptors (Lipinski definition) is 5. The minimum atomic E-state index is -0.355. The number of nitrogens with two attached hydrogens (primary N) is 1. The van der Waals surface area contributed by atoms with Crippen LogP contribution in [0.4, 0.5) is 5.13 Å². The van der Waals surface area contributed by atoms with Crippen LogP contribution in [-0.4, -0.2) is 11.0 Å². The highest BCUT2D eigenvalue weighted by molar-refractivity contribution is 9.10. The molecule has 1 heterocycles. The maximum absolute atomic E-state index is 12.1. The summed E-state index contributed by atoms with van der Waals surface area (Å²) in [6, 6.07) is 12.9. The van der Waals surface area contributed by atoms with Crippen LogP contribution in [0, 0.1) is 0 Å². The van der Waals surface area contributed by atoms with Gasteiger partial charge < -0.3 is 10.5 Å². The molecule has 6 heteroatoms. The highest BCUT2D eigenvalue weighted by Gasteiger charge is 2.10. The van der Waals surface area contributed by atoms with E-state index in [4.69, 9.17) is 10.5 Å². The number of anilines is 1. The first-order chi connectivity index (χ1) is 10.1. The fraction of sp³-hybridized carbons (Fsp3) is 0.0667. The summed E-state index contributed by atoms with van der Waals surface area (Å²) < 4.78 is 7.18. The molecule has 0 fully saturated rings. The molecule has 3 aromatic rings. The van der Waals surface area contributed by atoms with E-state index in [1.54, 1.807) is 18.2 Å². The maximum Gasteiger partial charge on any atom is 0.338 e. The molecule has 0 radical (unpaired) electrons. The zero-order valence-corrected chi connectivity index (χ0v) is 13.3. The van der Waals surface area contributed by atoms with Crippen LogP contribution in [0.1, 0.15) is 15.9 Å². The second kappa shape index (κ2) is 5.83. The van der Waals surface area contributed by atoms with Gasteiger partial charge >= 0.3 is 5.97 Å². The number of rotatable bonds is 3. The summed E-state index contributed by atoms with van der Waals surface area (Å²) >= 11 is 4.72. The lowest BCUT2D eigenvalue weighted by molar-refractivity contribution is 0.0473. The number of ether oxygens (including phenoxy) is 1. The molecule has 21 heavy (non-hydrogen) atoms. The number of carbonyl (C=O) groups is 1. The lowest BCUT2D eigenvalue weighted by atomic mass is 10.2. The van der Waals surface area contributed by atoms with Crippen LogP contribution < -0.4 is 5.73 Å². The molecule has 0 bridgehead atoms. The van der Waals surface area contributed by atoms with Crippen LogP contribution in [0.25, 0.3) is 10.2 Å². The van der Waals surface area contributed by atoms with Crippen LogP contribution >= 0.6 is 27.3 Å². The number of nitrogens with zero attached hydrogens (tertiary/aromatic N) is 1. The first kappa shape index (κ1) is 14.0. The largest absolute Gasteiger partial charge is 0.457 e. The topological polar surface area (TPSA) is 65.2 Å². The molecule has 3 rings (SSSR count). The summed E-state index contributed by atoms with van der Waals surface area (Å²) in [5.41, 5.74) is 7.89. The molecule has 0 aliphatic rings. The second-order valence-electron chi connectivity index (χ2n) is 4.44. The van der Waals surface area contributed by atoms with Crippen molar-refractivity contribution in [2.45, 2.75) is 6.61 Å². The van der Waals surface area contributed by atoms with Gasteiger partial charge in [-0.1, -0.05) is 39.4 Å². The minimum absolute atomic E-state index is 0.245. The highest BCUT2D eigenvalue weighted by atomic mass is 79.9. The predicted molar refractivity (Wildman–Crippen MR) is 87.3 cm³/mol. The van der Waals surface area contributed by atoms with Gasteiger partial charge in [-0.15, -0.1) is 0 Å². The normalized spacial score (nSPS) is 10.7. The van der Waals surface area contributed by atoms with E-state index in [0.717, 1.165) is 20.3 Å². The van der Waals surface area contributed by atoms with Crippen molar-refractivity contribution in [3.63, 3.8) is 0 Å². The number of nitrogen functional groups attached to an aromatic ring is 1. The fourth-order valence-electron chi connectivity index (χ4n) is 1.88. The van der Waals surface area contributed by atoms with E-state index < -0.39 is 0 Å². The van der Waals surface area contributed by atoms with E-state index in [1.165, 1.54) is 11.3 Å². The van der Waals surface area contributed by atoms with Gasteiger partial charge in [0, 0.05) is 4.47 Å². The van der Waals surface area contributed by atoms with E-state index in [2.05, 4.69) is 20.9 Å². The molecule has 0 atom stereocenters. The van der Waals surface area contributed by atoms with Crippen molar-refractivity contribution < 1.29 is 9.53 Å². The smallest absolute Gasteiger partial charge is 0.338 e. The Morgan fingerprint density at radius 2 is 2.00 bits per heavy atom. The number of carbonyl (C=O) groups excluding carboxylic acids is 1. The molecule has 0 spiro atoms. The average molecular weight is 363 g/mol. The molecule has 0 saturated heterocycles. The van der Waals surface area contributed by atoms with Crippen molar-refractivity contribution in [3.05, 3.63) is 58.1 Å². The van der Waals surface area contributed by atoms with E-state index in [0.29, 0.717) is 10.7 Å². The summed E-state index contributed by atoms with van der Waals surface area (Å²) in [7, 11) is 0. The lowest BCUT2D eigenvalue weighted by Crippen LogP contribution is -2.04. The number of hydrogen-bond donors (Lipinski definition) is 1. The van der Waals surface area contributed by atoms with Gasteiger partial charge in [-0.3, -0.25) is 0 Å². The highest BCUT2D eigenvalue weighted by Crippen LogP contribution is 2.25. The number of fused-ring (bicyclic) bond motifs is 1. The van der Waals surface area contributed by atoms with Crippen molar-refractivity contribution in [1.29, 1.82) is 0 Å². The van der Waals surface area contributed by atoms with Gasteiger partial charge in [0.2, 0.25) is 0 Å². The molecular formula is C15H11BrN2O2S. The van der Waals surface area contributed by atoms with Gasteiger partial charge in [-0.05, 0) is 35.9 Å². The van der Waals surface area contributed by atoms with Crippen LogP contribution in [0.2, 0.25) is 0 Å². The Labute approximate surface area is 133 Å². The Hall–Kier alpha value is -1.92. The quantitative estimate of drug-likeness (QED) is 0.715. The van der Waals surface area contributed by atoms with E-state index in [9.17, 15) is 4.79 Å². The summed E-state index contributed by atoms with van der Waals surface area (Å²) in [4.78, 5) is 16.2. The maximum atomic E-state index is 12.1. The number of aromatic nitrogens is 1. The van der Waals surface area contributed by atoms with Crippen molar-refractivity contribution in [2.24, 2.45) is 0 Å². The van der Waals surface area contributed by atoms with Gasteiger partial charge in [0.05, 0.1) is 15.8 Å². The molecule has 0 aliphatic carbocycles. The molecule has 0 aliphatic heterocycles. The minimum Gasteiger partial charge on any atom is -0.457 e. The van der Waals surface area contributed by atoms with Crippen molar-refractivity contribution >= 4 is 48.6 Å². The van der Waals surface area contributed by atoms with Gasteiger partial charge in [-0.25, -0.2) is 9.78 Å². The first-order valence-electron chi connectivity index (χ1n) is 6.19. The number of thiazole rings is 1. The monoisotopic (exact) mass is 362 g/mol. The number of benzene rings is 2. The molecule has 4 nitrogen and oxygen atoms in total. The molecule has 0 saturated carbocycles. The molecule has 1 aromatic heterocycles. The van der Waals surface area contributed by atoms with Crippen molar-refractivity contribution in [1.82, 2.24) is 4.98 Å². The second-order valence-corrected chi connectivity index (χ2v) is 6.42. The van der Waals surface area contributed by atoms with Crippen LogP contribution in [0.15, 0.2) is 46.9 Å². The standard InChI is InChI=1S/C15H11BrN2O2S/c16-11-4-1-9(2-5-11)8-20-14(19)10-3-6-12-13(7-10)21-15(17)18-12/h1-7H,8H2,(H2,17,18). The third-order valence-electron chi connectivity index (χ3n) is 2.92. The molecule has 106 valence electrons. The number of esters is 1. The molecule has 2 N–H and O–H groups in total. The van der Waals surface area contributed by atoms with E-state index in [-0.39, 0.29) is 12.6 Å². The Balaban J connectivity index is 1.72. The average Bonchev–Trinajstić information content (AvgIpc) is 2.85. The zero-order chi connectivity index (χ0) is 14.8. The summed E-state index contributed by atoms with van der Waals surface area (Å²) in [5, 5.41) is 0.491. The van der Waals surface area contributed by atoms with Crippen molar-refractivity contribution in [2.75, 3.05) is 5.73 Å². The summed E-state index contributed by atoms with van der Waals surface area (Å²) in [6.45, 7) is 0.245. The Morgan fingerprint density at radius 3 is 2.76 bits per heavy atom. The Bertz CT molecular complexity index is 799. The summed E-state index contributed by atoms with van der Waals surface area (Å²) in [6.07, 6.45) is 0. The van der Waals surface area contributed by atoms with Gasteiger partial charge in [-0.2, -0.15) is 0 Å². The zero-order valence-electron chi connectivity index (χ0n) is 10.9. The molecule has 2 aromatic carbocycles. The molecular weight excluding hydrogens is 352 g/mol. The number of halogens is 1. The van der Waals surface area contributed by atoms with E-state index >= 15 is 0 Å². The van der Waals surface area contributed by atoms with Gasteiger partial charge in [0.15, 0.2) is 5.13 Å². The van der Waals surface area contributed by atoms with Gasteiger partial charge in [0.1, 0.15) is 6.61 Å². The Morgan fingerprint density at radius 1 is 1.24 bits per heavy atom. The van der Waals surface area contributed by atoms with Crippen molar-refractivity contribution in [3.8, 4) is 0 Å². The molecule has 0 unspecified atom stereocenters. The Kier molecular flexibility index (Phi) is 3.90. The third-order valence-corrected chi connectivity index (χ3v) is 4.30. The van der Waals surface area contributed by atoms with Crippen LogP contribution in [0.5, 0.6) is 0 Å². The van der Waals surface area contributed by atoms with Crippen LogP contribution in [-0.2, 0) is 11.3 Å². The summed E-state index contributed by atoms with van der Waals surface area (Å²) in [5.74, 6) is -0.355. The van der Waals surface area contributed by atoms with Gasteiger partial charge in [0.25, 0.3) is 0 Å². The third kappa shape index (κ3) is 3.22. The first-order valence-corrected chi connectivity index (χ1v) is 7.80. The van der Waals surface area contributed by atoms with E-state index in [1.807, 2.05) is 24.3 Å². The van der Waals surface area contributed by atoms with Crippen LogP contribution in [0.3, 0.4) is 0 Å². The molecule has 0 amide bonds. The SMILES string of the molecule is Nc1nc2ccc(C(=O)OCc3ccc(Br)cc3)cc2s1. The lowest BCUT2D eigenvalue weighted by Gasteiger charge is -2.05.